The molecule has 0 spiro atoms. The van der Waals surface area contributed by atoms with Crippen molar-refractivity contribution in [3.8, 4) is 5.88 Å². The number of rotatable bonds is 4. The number of H-pyrrole nitrogens is 2. The number of aromatic amines is 2. The number of aromatic nitrogens is 2. The Labute approximate surface area is 145 Å². The Bertz CT molecular complexity index is 862. The Hall–Kier alpha value is -2.67. The number of likely N-dealkylation sites (tertiary alicyclic amines) is 1. The number of aliphatic imine (C=N–C) groups is 1. The highest BCUT2D eigenvalue weighted by atomic mass is 16.3. The van der Waals surface area contributed by atoms with Gasteiger partial charge in [-0.15, -0.1) is 0 Å². The third-order valence-electron chi connectivity index (χ3n) is 4.47. The summed E-state index contributed by atoms with van der Waals surface area (Å²) >= 11 is 0. The van der Waals surface area contributed by atoms with Crippen LogP contribution in [-0.2, 0) is 6.54 Å². The molecular formula is C18H22N4O3. The molecule has 1 aromatic carbocycles. The van der Waals surface area contributed by atoms with Gasteiger partial charge in [-0.25, -0.2) is 4.79 Å². The van der Waals surface area contributed by atoms with Gasteiger partial charge in [0.1, 0.15) is 5.56 Å². The maximum absolute atomic E-state index is 11.9. The first-order valence-electron chi connectivity index (χ1n) is 8.39. The van der Waals surface area contributed by atoms with E-state index in [0.29, 0.717) is 5.71 Å². The molecule has 3 rings (SSSR count). The van der Waals surface area contributed by atoms with E-state index in [4.69, 9.17) is 0 Å². The average Bonchev–Trinajstić information content (AvgIpc) is 2.56. The molecule has 0 bridgehead atoms. The molecule has 7 heteroatoms. The fourth-order valence-electron chi connectivity index (χ4n) is 3.20. The molecule has 132 valence electrons. The van der Waals surface area contributed by atoms with E-state index in [0.717, 1.165) is 32.5 Å². The number of benzene rings is 1. The minimum Gasteiger partial charge on any atom is -0.494 e. The van der Waals surface area contributed by atoms with Crippen molar-refractivity contribution in [2.24, 2.45) is 4.99 Å². The van der Waals surface area contributed by atoms with Gasteiger partial charge in [0.15, 0.2) is 0 Å². The summed E-state index contributed by atoms with van der Waals surface area (Å²) in [5, 5.41) is 9.81. The fraction of sp³-hybridized carbons (Fsp3) is 0.389. The number of nitrogens with one attached hydrogen (secondary N) is 2. The molecule has 0 atom stereocenters. The zero-order valence-corrected chi connectivity index (χ0v) is 14.2. The zero-order chi connectivity index (χ0) is 17.8. The lowest BCUT2D eigenvalue weighted by Gasteiger charge is -2.30. The van der Waals surface area contributed by atoms with Crippen molar-refractivity contribution in [3.63, 3.8) is 0 Å². The van der Waals surface area contributed by atoms with Crippen LogP contribution in [0.2, 0.25) is 0 Å². The van der Waals surface area contributed by atoms with E-state index in [9.17, 15) is 14.7 Å². The standard InChI is InChI=1S/C18H22N4O3/c1-12(15-16(23)20-18(25)21-17(15)24)19-14-7-9-22(10-8-14)11-13-5-3-2-4-6-13/h2-6,14H,7-11H2,1H3,(H3,20,21,23,24,25). The number of hydrogen-bond acceptors (Lipinski definition) is 5. The van der Waals surface area contributed by atoms with E-state index in [2.05, 4.69) is 32.0 Å². The number of aromatic hydroxyl groups is 1. The van der Waals surface area contributed by atoms with Crippen molar-refractivity contribution in [2.45, 2.75) is 32.4 Å². The SMILES string of the molecule is CC(=NC1CCN(Cc2ccccc2)CC1)c1c(O)[nH]c(=O)[nH]c1=O. The molecule has 3 N–H and O–H groups in total. The van der Waals surface area contributed by atoms with Crippen molar-refractivity contribution >= 4 is 5.71 Å². The van der Waals surface area contributed by atoms with Crippen molar-refractivity contribution < 1.29 is 5.11 Å². The quantitative estimate of drug-likeness (QED) is 0.728. The monoisotopic (exact) mass is 342 g/mol. The van der Waals surface area contributed by atoms with E-state index in [1.165, 1.54) is 5.56 Å². The van der Waals surface area contributed by atoms with Crippen LogP contribution in [0.25, 0.3) is 0 Å². The molecule has 2 aromatic rings. The highest BCUT2D eigenvalue weighted by Gasteiger charge is 2.20. The van der Waals surface area contributed by atoms with Gasteiger partial charge < -0.3 is 5.11 Å². The van der Waals surface area contributed by atoms with Crippen molar-refractivity contribution in [3.05, 3.63) is 62.3 Å². The van der Waals surface area contributed by atoms with Crippen LogP contribution in [0.15, 0.2) is 44.9 Å². The molecular weight excluding hydrogens is 320 g/mol. The lowest BCUT2D eigenvalue weighted by molar-refractivity contribution is 0.206. The number of nitrogens with zero attached hydrogens (tertiary/aromatic N) is 2. The first kappa shape index (κ1) is 17.2. The highest BCUT2D eigenvalue weighted by molar-refractivity contribution is 6.00. The topological polar surface area (TPSA) is 102 Å². The van der Waals surface area contributed by atoms with Crippen LogP contribution in [0.5, 0.6) is 5.88 Å². The second-order valence-electron chi connectivity index (χ2n) is 6.34. The first-order chi connectivity index (χ1) is 12.0. The second kappa shape index (κ2) is 7.48. The molecule has 7 nitrogen and oxygen atoms in total. The van der Waals surface area contributed by atoms with Gasteiger partial charge >= 0.3 is 5.69 Å². The Kier molecular flexibility index (Phi) is 5.14. The summed E-state index contributed by atoms with van der Waals surface area (Å²) in [6.07, 6.45) is 1.79. The summed E-state index contributed by atoms with van der Waals surface area (Å²) in [6.45, 7) is 4.48. The predicted octanol–water partition coefficient (Wildman–Crippen LogP) is 1.24. The maximum Gasteiger partial charge on any atom is 0.328 e. The number of piperidine rings is 1. The predicted molar refractivity (Wildman–Crippen MR) is 96.3 cm³/mol. The Balaban J connectivity index is 1.64. The summed E-state index contributed by atoms with van der Waals surface area (Å²) < 4.78 is 0. The number of hydrogen-bond donors (Lipinski definition) is 3. The lowest BCUT2D eigenvalue weighted by Crippen LogP contribution is -2.35. The molecule has 0 amide bonds. The summed E-state index contributed by atoms with van der Waals surface area (Å²) in [4.78, 5) is 34.3. The van der Waals surface area contributed by atoms with Crippen LogP contribution in [0.4, 0.5) is 0 Å². The van der Waals surface area contributed by atoms with E-state index in [1.807, 2.05) is 18.2 Å². The van der Waals surface area contributed by atoms with Gasteiger partial charge in [-0.2, -0.15) is 0 Å². The van der Waals surface area contributed by atoms with Crippen LogP contribution < -0.4 is 11.2 Å². The second-order valence-corrected chi connectivity index (χ2v) is 6.34. The third kappa shape index (κ3) is 4.24. The van der Waals surface area contributed by atoms with Crippen molar-refractivity contribution in [1.82, 2.24) is 14.9 Å². The lowest BCUT2D eigenvalue weighted by atomic mass is 10.0. The van der Waals surface area contributed by atoms with Gasteiger partial charge in [0, 0.05) is 19.6 Å². The van der Waals surface area contributed by atoms with E-state index in [1.54, 1.807) is 6.92 Å². The average molecular weight is 342 g/mol. The third-order valence-corrected chi connectivity index (χ3v) is 4.47. The molecule has 1 aliphatic rings. The molecule has 2 heterocycles. The van der Waals surface area contributed by atoms with Crippen LogP contribution in [-0.4, -0.2) is 44.8 Å². The largest absolute Gasteiger partial charge is 0.494 e. The summed E-state index contributed by atoms with van der Waals surface area (Å²) in [5.41, 5.74) is 0.422. The molecule has 0 saturated carbocycles. The van der Waals surface area contributed by atoms with E-state index in [-0.39, 0.29) is 11.6 Å². The van der Waals surface area contributed by atoms with E-state index < -0.39 is 17.1 Å². The molecule has 0 radical (unpaired) electrons. The van der Waals surface area contributed by atoms with Crippen molar-refractivity contribution in [1.29, 1.82) is 0 Å². The van der Waals surface area contributed by atoms with Gasteiger partial charge in [-0.3, -0.25) is 24.7 Å². The molecule has 1 aliphatic heterocycles. The van der Waals surface area contributed by atoms with Crippen LogP contribution >= 0.6 is 0 Å². The molecule has 0 unspecified atom stereocenters. The summed E-state index contributed by atoms with van der Waals surface area (Å²) in [6, 6.07) is 10.5. The van der Waals surface area contributed by atoms with Crippen LogP contribution in [0, 0.1) is 0 Å². The smallest absolute Gasteiger partial charge is 0.328 e. The van der Waals surface area contributed by atoms with Gasteiger partial charge in [-0.05, 0) is 25.3 Å². The highest BCUT2D eigenvalue weighted by Crippen LogP contribution is 2.18. The van der Waals surface area contributed by atoms with Gasteiger partial charge in [-0.1, -0.05) is 30.3 Å². The Morgan fingerprint density at radius 3 is 2.52 bits per heavy atom. The zero-order valence-electron chi connectivity index (χ0n) is 14.2. The van der Waals surface area contributed by atoms with Gasteiger partial charge in [0.05, 0.1) is 11.8 Å². The summed E-state index contributed by atoms with van der Waals surface area (Å²) in [5.74, 6) is -0.434. The molecule has 0 aliphatic carbocycles. The van der Waals surface area contributed by atoms with Gasteiger partial charge in [0.2, 0.25) is 5.88 Å². The van der Waals surface area contributed by atoms with Gasteiger partial charge in [0.25, 0.3) is 5.56 Å². The Morgan fingerprint density at radius 1 is 1.20 bits per heavy atom. The fourth-order valence-corrected chi connectivity index (χ4v) is 3.20. The Morgan fingerprint density at radius 2 is 1.88 bits per heavy atom. The summed E-state index contributed by atoms with van der Waals surface area (Å²) in [7, 11) is 0. The van der Waals surface area contributed by atoms with Crippen LogP contribution in [0.1, 0.15) is 30.9 Å². The molecule has 1 saturated heterocycles. The minimum absolute atomic E-state index is 0.0336. The van der Waals surface area contributed by atoms with E-state index >= 15 is 0 Å². The molecule has 25 heavy (non-hydrogen) atoms. The maximum atomic E-state index is 11.9. The van der Waals surface area contributed by atoms with Crippen LogP contribution in [0.3, 0.4) is 0 Å². The molecule has 1 aromatic heterocycles. The first-order valence-corrected chi connectivity index (χ1v) is 8.39. The molecule has 1 fully saturated rings. The minimum atomic E-state index is -0.728. The van der Waals surface area contributed by atoms with Crippen molar-refractivity contribution in [2.75, 3.05) is 13.1 Å². The normalized spacial score (nSPS) is 16.9.